The van der Waals surface area contributed by atoms with Crippen molar-refractivity contribution in [2.75, 3.05) is 43.1 Å². The largest absolute Gasteiger partial charge is 0.455 e. The van der Waals surface area contributed by atoms with Crippen LogP contribution >= 0.6 is 0 Å². The molecule has 0 unspecified atom stereocenters. The van der Waals surface area contributed by atoms with Crippen molar-refractivity contribution in [3.63, 3.8) is 0 Å². The lowest BCUT2D eigenvalue weighted by Gasteiger charge is -2.28. The van der Waals surface area contributed by atoms with Crippen LogP contribution in [0, 0.1) is 5.92 Å². The lowest BCUT2D eigenvalue weighted by Crippen LogP contribution is -2.36. The van der Waals surface area contributed by atoms with E-state index in [1.54, 1.807) is 0 Å². The van der Waals surface area contributed by atoms with Crippen molar-refractivity contribution in [1.29, 1.82) is 0 Å². The second kappa shape index (κ2) is 10.8. The van der Waals surface area contributed by atoms with E-state index in [1.165, 1.54) is 0 Å². The minimum absolute atomic E-state index is 0.121. The van der Waals surface area contributed by atoms with Crippen LogP contribution in [0.1, 0.15) is 31.7 Å². The molecular formula is C24H30N2O4. The molecule has 30 heavy (non-hydrogen) atoms. The molecule has 1 aliphatic rings. The zero-order chi connectivity index (χ0) is 21.3. The number of carbonyl (C=O) groups excluding carboxylic acids is 2. The molecule has 2 aromatic carbocycles. The number of anilines is 2. The molecule has 1 heterocycles. The minimum Gasteiger partial charge on any atom is -0.455 e. The number of ether oxygens (including phenoxy) is 2. The fraction of sp³-hybridized carbons (Fsp3) is 0.417. The maximum Gasteiger partial charge on any atom is 0.314 e. The van der Waals surface area contributed by atoms with E-state index in [9.17, 15) is 9.59 Å². The van der Waals surface area contributed by atoms with E-state index in [4.69, 9.17) is 9.47 Å². The molecule has 6 heteroatoms. The Bertz CT molecular complexity index is 817. The number of carbonyl (C=O) groups is 2. The third kappa shape index (κ3) is 5.83. The average molecular weight is 411 g/mol. The van der Waals surface area contributed by atoms with Gasteiger partial charge >= 0.3 is 5.97 Å². The molecule has 1 amide bonds. The Hall–Kier alpha value is -2.86. The Morgan fingerprint density at radius 1 is 1.07 bits per heavy atom. The van der Waals surface area contributed by atoms with E-state index in [-0.39, 0.29) is 30.3 Å². The Balaban J connectivity index is 1.53. The first-order chi connectivity index (χ1) is 14.6. The number of hydrogen-bond donors (Lipinski definition) is 1. The van der Waals surface area contributed by atoms with Gasteiger partial charge in [0.25, 0.3) is 5.91 Å². The van der Waals surface area contributed by atoms with Crippen molar-refractivity contribution in [1.82, 2.24) is 0 Å². The van der Waals surface area contributed by atoms with Gasteiger partial charge in [-0.25, -0.2) is 0 Å². The maximum atomic E-state index is 12.7. The summed E-state index contributed by atoms with van der Waals surface area (Å²) in [6, 6.07) is 17.2. The van der Waals surface area contributed by atoms with Crippen LogP contribution < -0.4 is 10.2 Å². The van der Waals surface area contributed by atoms with Gasteiger partial charge in [0.1, 0.15) is 0 Å². The summed E-state index contributed by atoms with van der Waals surface area (Å²) in [5, 5.41) is 2.79. The van der Waals surface area contributed by atoms with E-state index in [0.717, 1.165) is 44.0 Å². The van der Waals surface area contributed by atoms with E-state index in [2.05, 4.69) is 10.2 Å². The fourth-order valence-corrected chi connectivity index (χ4v) is 3.59. The van der Waals surface area contributed by atoms with Crippen molar-refractivity contribution in [3.05, 3.63) is 60.2 Å². The van der Waals surface area contributed by atoms with E-state index in [1.807, 2.05) is 68.4 Å². The van der Waals surface area contributed by atoms with Crippen LogP contribution in [0.4, 0.5) is 11.4 Å². The molecule has 3 rings (SSSR count). The highest BCUT2D eigenvalue weighted by Crippen LogP contribution is 2.28. The summed E-state index contributed by atoms with van der Waals surface area (Å²) in [4.78, 5) is 27.2. The van der Waals surface area contributed by atoms with Gasteiger partial charge in [-0.3, -0.25) is 9.59 Å². The molecule has 0 bridgehead atoms. The molecule has 0 saturated carbocycles. The Morgan fingerprint density at radius 3 is 2.37 bits per heavy atom. The third-order valence-electron chi connectivity index (χ3n) is 5.50. The Morgan fingerprint density at radius 2 is 1.73 bits per heavy atom. The maximum absolute atomic E-state index is 12.7. The minimum atomic E-state index is -0.378. The quantitative estimate of drug-likeness (QED) is 0.670. The van der Waals surface area contributed by atoms with Gasteiger partial charge in [0.2, 0.25) is 0 Å². The standard InChI is InChI=1S/C24H30N2O4/c1-3-18(2)23(19-7-5-4-6-8-19)24(28)30-17-22(27)25-20-9-11-21(12-10-20)26-13-15-29-16-14-26/h4-12,18,23H,3,13-17H2,1-2H3,(H,25,27)/t18-,23-/m0/s1. The first-order valence-corrected chi connectivity index (χ1v) is 10.5. The fourth-order valence-electron chi connectivity index (χ4n) is 3.59. The zero-order valence-corrected chi connectivity index (χ0v) is 17.7. The molecule has 1 aliphatic heterocycles. The highest BCUT2D eigenvalue weighted by Gasteiger charge is 2.27. The van der Waals surface area contributed by atoms with Gasteiger partial charge in [-0.1, -0.05) is 50.6 Å². The molecule has 2 atom stereocenters. The predicted octanol–water partition coefficient (Wildman–Crippen LogP) is 3.83. The number of benzene rings is 2. The smallest absolute Gasteiger partial charge is 0.314 e. The summed E-state index contributed by atoms with van der Waals surface area (Å²) >= 11 is 0. The summed E-state index contributed by atoms with van der Waals surface area (Å²) in [6.07, 6.45) is 0.844. The van der Waals surface area contributed by atoms with Gasteiger partial charge in [-0.2, -0.15) is 0 Å². The molecule has 1 fully saturated rings. The third-order valence-corrected chi connectivity index (χ3v) is 5.50. The normalized spacial score (nSPS) is 15.9. The highest BCUT2D eigenvalue weighted by molar-refractivity contribution is 5.93. The summed E-state index contributed by atoms with van der Waals surface area (Å²) < 4.78 is 10.7. The summed E-state index contributed by atoms with van der Waals surface area (Å²) in [5.74, 6) is -0.973. The van der Waals surface area contributed by atoms with Crippen LogP contribution in [0.5, 0.6) is 0 Å². The van der Waals surface area contributed by atoms with Crippen LogP contribution in [0.2, 0.25) is 0 Å². The van der Waals surface area contributed by atoms with Crippen molar-refractivity contribution < 1.29 is 19.1 Å². The van der Waals surface area contributed by atoms with Gasteiger partial charge in [0.05, 0.1) is 19.1 Å². The van der Waals surface area contributed by atoms with Crippen LogP contribution in [-0.4, -0.2) is 44.8 Å². The molecular weight excluding hydrogens is 380 g/mol. The molecule has 6 nitrogen and oxygen atoms in total. The molecule has 160 valence electrons. The van der Waals surface area contributed by atoms with Crippen molar-refractivity contribution in [3.8, 4) is 0 Å². The SMILES string of the molecule is CC[C@H](C)[C@H](C(=O)OCC(=O)Nc1ccc(N2CCOCC2)cc1)c1ccccc1. The Labute approximate surface area is 178 Å². The topological polar surface area (TPSA) is 67.9 Å². The number of rotatable bonds is 8. The second-order valence-electron chi connectivity index (χ2n) is 7.58. The number of morpholine rings is 1. The molecule has 0 spiro atoms. The summed E-state index contributed by atoms with van der Waals surface area (Å²) in [5.41, 5.74) is 2.69. The second-order valence-corrected chi connectivity index (χ2v) is 7.58. The average Bonchev–Trinajstić information content (AvgIpc) is 2.79. The summed E-state index contributed by atoms with van der Waals surface area (Å²) in [6.45, 7) is 6.94. The molecule has 0 aliphatic carbocycles. The molecule has 0 radical (unpaired) electrons. The van der Waals surface area contributed by atoms with E-state index < -0.39 is 0 Å². The lowest BCUT2D eigenvalue weighted by atomic mass is 9.86. The van der Waals surface area contributed by atoms with Gasteiger partial charge in [0.15, 0.2) is 6.61 Å². The predicted molar refractivity (Wildman–Crippen MR) is 118 cm³/mol. The van der Waals surface area contributed by atoms with E-state index in [0.29, 0.717) is 5.69 Å². The van der Waals surface area contributed by atoms with Crippen LogP contribution in [0.3, 0.4) is 0 Å². The van der Waals surface area contributed by atoms with Gasteiger partial charge in [-0.05, 0) is 35.7 Å². The van der Waals surface area contributed by atoms with Crippen LogP contribution in [0.25, 0.3) is 0 Å². The first-order valence-electron chi connectivity index (χ1n) is 10.5. The van der Waals surface area contributed by atoms with Crippen molar-refractivity contribution >= 4 is 23.3 Å². The lowest BCUT2D eigenvalue weighted by molar-refractivity contribution is -0.150. The highest BCUT2D eigenvalue weighted by atomic mass is 16.5. The Kier molecular flexibility index (Phi) is 7.85. The number of hydrogen-bond acceptors (Lipinski definition) is 5. The molecule has 2 aromatic rings. The van der Waals surface area contributed by atoms with Crippen molar-refractivity contribution in [2.45, 2.75) is 26.2 Å². The number of amides is 1. The number of nitrogens with one attached hydrogen (secondary N) is 1. The number of nitrogens with zero attached hydrogens (tertiary/aromatic N) is 1. The molecule has 1 saturated heterocycles. The molecule has 0 aromatic heterocycles. The monoisotopic (exact) mass is 410 g/mol. The first kappa shape index (κ1) is 21.8. The van der Waals surface area contributed by atoms with Gasteiger partial charge in [-0.15, -0.1) is 0 Å². The van der Waals surface area contributed by atoms with Gasteiger partial charge in [0, 0.05) is 24.5 Å². The zero-order valence-electron chi connectivity index (χ0n) is 17.7. The van der Waals surface area contributed by atoms with Crippen LogP contribution in [0.15, 0.2) is 54.6 Å². The van der Waals surface area contributed by atoms with Gasteiger partial charge < -0.3 is 19.7 Å². The van der Waals surface area contributed by atoms with Crippen LogP contribution in [-0.2, 0) is 19.1 Å². The summed E-state index contributed by atoms with van der Waals surface area (Å²) in [7, 11) is 0. The van der Waals surface area contributed by atoms with Crippen molar-refractivity contribution in [2.24, 2.45) is 5.92 Å². The number of esters is 1. The molecule has 1 N–H and O–H groups in total. The van der Waals surface area contributed by atoms with E-state index >= 15 is 0 Å².